The summed E-state index contributed by atoms with van der Waals surface area (Å²) in [7, 11) is 0. The first kappa shape index (κ1) is 102. The Hall–Kier alpha value is -13.4. The molecule has 4 fully saturated rings. The number of nitrogens with two attached hydrogens (primary N) is 4. The number of ether oxygens (including phenoxy) is 4. The van der Waals surface area contributed by atoms with Gasteiger partial charge in [0.2, 0.25) is 0 Å². The first-order chi connectivity index (χ1) is 63.2. The van der Waals surface area contributed by atoms with E-state index in [1.807, 2.05) is 83.1 Å². The Kier molecular flexibility index (Phi) is 33.4. The van der Waals surface area contributed by atoms with Crippen molar-refractivity contribution in [1.82, 2.24) is 107 Å². The van der Waals surface area contributed by atoms with Crippen molar-refractivity contribution in [2.45, 2.75) is 163 Å². The highest BCUT2D eigenvalue weighted by molar-refractivity contribution is 6.31. The topological polar surface area (TPSA) is 547 Å². The van der Waals surface area contributed by atoms with Crippen LogP contribution in [-0.2, 0) is 25.5 Å². The van der Waals surface area contributed by atoms with Crippen LogP contribution in [0, 0.1) is 57.4 Å². The molecule has 135 heavy (non-hydrogen) atoms. The van der Waals surface area contributed by atoms with Gasteiger partial charge >= 0.3 is 30.1 Å². The molecule has 724 valence electrons. The number of rotatable bonds is 15. The number of imidazole rings is 5. The monoisotopic (exact) mass is 1890 g/mol. The Balaban J connectivity index is 0.000000166. The molecule has 17 rings (SSSR count). The number of nitrogens with one attached hydrogen (secondary N) is 3. The fourth-order valence-corrected chi connectivity index (χ4v) is 15.5. The molecule has 0 unspecified atom stereocenters. The van der Waals surface area contributed by atoms with Gasteiger partial charge in [-0.25, -0.2) is 101 Å². The number of aromatic nitrogens is 18. The minimum absolute atomic E-state index is 0. The molecule has 0 aliphatic carbocycles. The van der Waals surface area contributed by atoms with E-state index in [2.05, 4.69) is 75.4 Å². The van der Waals surface area contributed by atoms with Gasteiger partial charge in [0.1, 0.15) is 96.6 Å². The zero-order valence-corrected chi connectivity index (χ0v) is 77.8. The third-order valence-corrected chi connectivity index (χ3v) is 21.8. The van der Waals surface area contributed by atoms with Gasteiger partial charge in [-0.15, -0.1) is 0 Å². The van der Waals surface area contributed by atoms with Crippen molar-refractivity contribution < 1.29 is 77.6 Å². The maximum absolute atomic E-state index is 13.8. The van der Waals surface area contributed by atoms with Crippen LogP contribution in [0.5, 0.6) is 0 Å². The number of nitrogen functional groups attached to an aromatic ring is 1. The van der Waals surface area contributed by atoms with E-state index in [1.165, 1.54) is 78.2 Å². The van der Waals surface area contributed by atoms with Crippen molar-refractivity contribution >= 4 is 98.4 Å². The summed E-state index contributed by atoms with van der Waals surface area (Å²) in [4.78, 5) is 123. The summed E-state index contributed by atoms with van der Waals surface area (Å²) < 4.78 is 84.1. The number of fused-ring (bicyclic) bond motifs is 5. The van der Waals surface area contributed by atoms with Crippen LogP contribution in [0.4, 0.5) is 65.4 Å². The minimum Gasteiger partial charge on any atom is -0.630 e. The minimum atomic E-state index is -0.564. The second-order valence-corrected chi connectivity index (χ2v) is 37.1. The van der Waals surface area contributed by atoms with Crippen LogP contribution in [0.3, 0.4) is 0 Å². The highest BCUT2D eigenvalue weighted by Gasteiger charge is 2.34. The second-order valence-electron chi connectivity index (χ2n) is 36.8. The van der Waals surface area contributed by atoms with Gasteiger partial charge in [0.25, 0.3) is 0 Å². The predicted molar refractivity (Wildman–Crippen MR) is 496 cm³/mol. The van der Waals surface area contributed by atoms with E-state index in [-0.39, 0.29) is 81.3 Å². The number of hydrogen-bond donors (Lipinski definition) is 7. The lowest BCUT2D eigenvalue weighted by Gasteiger charge is -2.34. The molecule has 0 radical (unpaired) electrons. The number of piperidine rings is 4. The van der Waals surface area contributed by atoms with Crippen LogP contribution in [0.15, 0.2) is 128 Å². The molecule has 41 nitrogen and oxygen atoms in total. The molecule has 4 atom stereocenters. The highest BCUT2D eigenvalue weighted by atomic mass is 35.5. The Morgan fingerprint density at radius 2 is 0.778 bits per heavy atom. The molecule has 4 amide bonds. The first-order valence-electron chi connectivity index (χ1n) is 43.7. The van der Waals surface area contributed by atoms with Crippen LogP contribution in [0.2, 0.25) is 5.15 Å². The van der Waals surface area contributed by atoms with Gasteiger partial charge in [-0.05, 0) is 213 Å². The number of H-pyrrole nitrogens is 1. The third kappa shape index (κ3) is 27.0. The Bertz CT molecular complexity index is 6350. The van der Waals surface area contributed by atoms with E-state index >= 15 is 0 Å². The lowest BCUT2D eigenvalue weighted by atomic mass is 9.98. The summed E-state index contributed by atoms with van der Waals surface area (Å²) >= 11 is 5.84. The molecule has 0 spiro atoms. The van der Waals surface area contributed by atoms with E-state index in [0.717, 1.165) is 64.5 Å². The average Bonchev–Trinajstić information content (AvgIpc) is 1.61. The van der Waals surface area contributed by atoms with Crippen molar-refractivity contribution in [3.8, 4) is 46.1 Å². The van der Waals surface area contributed by atoms with Crippen molar-refractivity contribution in [3.63, 3.8) is 0 Å². The van der Waals surface area contributed by atoms with Crippen LogP contribution in [-0.4, -0.2) is 236 Å². The zero-order valence-electron chi connectivity index (χ0n) is 77.1. The van der Waals surface area contributed by atoms with Crippen LogP contribution in [0.25, 0.3) is 79.8 Å². The maximum Gasteiger partial charge on any atom is 0.410 e. The number of carbonyl (C=O) groups excluding carboxylic acids is 4. The van der Waals surface area contributed by atoms with Gasteiger partial charge in [-0.3, -0.25) is 22.2 Å². The molecule has 13 aromatic heterocycles. The summed E-state index contributed by atoms with van der Waals surface area (Å²) in [6, 6.07) is 11.6. The number of carbonyl (C=O) groups is 4. The first-order valence-corrected chi connectivity index (χ1v) is 44.1. The largest absolute Gasteiger partial charge is 0.630 e. The average molecular weight is 1900 g/mol. The van der Waals surface area contributed by atoms with E-state index < -0.39 is 39.9 Å². The molecule has 13 aromatic rings. The summed E-state index contributed by atoms with van der Waals surface area (Å²) in [6.07, 6.45) is 23.7. The van der Waals surface area contributed by atoms with Crippen LogP contribution >= 0.6 is 11.6 Å². The van der Waals surface area contributed by atoms with Gasteiger partial charge in [0.15, 0.2) is 57.1 Å². The van der Waals surface area contributed by atoms with Crippen LogP contribution < -0.4 is 38.8 Å². The molecule has 0 aromatic carbocycles. The fraction of sp³-hybridized carbons (Fsp3) is 0.449. The van der Waals surface area contributed by atoms with E-state index in [0.29, 0.717) is 179 Å². The number of hydrogen-bond acceptors (Lipinski definition) is 27. The number of amides is 4. The lowest BCUT2D eigenvalue weighted by molar-refractivity contribution is -0.497. The van der Waals surface area contributed by atoms with Gasteiger partial charge in [-0.1, -0.05) is 11.6 Å². The number of likely N-dealkylation sites (tertiary alicyclic amines) is 4. The van der Waals surface area contributed by atoms with Crippen molar-refractivity contribution in [2.24, 2.45) is 29.4 Å². The second kappa shape index (κ2) is 44.2. The number of pyridine rings is 4. The van der Waals surface area contributed by atoms with E-state index in [1.54, 1.807) is 86.4 Å². The quantitative estimate of drug-likeness (QED) is 0.0217. The SMILES string of the molecule is CC(C)(C)OC(=O)N1CCC[C@@H](CN)C1.CC(C)(C)OC(=O)N1CCC[C@@H](CNc2nc(-c3cnc4ccc(F)cn34)ncc2N)C1.CC(C)(C)OC(=O)N1CCC[C@@H](CNc2nc(-c3cnc4ccc(F)cn34)ncc2[NH2+][O-])C1.CC(C)(C)OC(=O)N1CCC[C@@H](Cn2c(=O)[nH]c3cnc(-c4cnc5ccc(F)cn45)nc32)C1.O.O.[O-][NH2+]c1cnc(-c2cnc3ccc(F)cn23)nc1Cl. The Labute approximate surface area is 778 Å². The molecule has 4 saturated heterocycles. The molecular weight excluding hydrogens is 1780 g/mol. The van der Waals surface area contributed by atoms with Crippen molar-refractivity contribution in [3.05, 3.63) is 172 Å². The Morgan fingerprint density at radius 1 is 0.452 bits per heavy atom. The maximum atomic E-state index is 13.8. The van der Waals surface area contributed by atoms with E-state index in [9.17, 15) is 51.9 Å². The number of nitrogens with zero attached hydrogens (tertiary/aromatic N) is 21. The summed E-state index contributed by atoms with van der Waals surface area (Å²) in [5.74, 6) is 1.52. The molecule has 15 N–H and O–H groups in total. The number of halogens is 5. The summed E-state index contributed by atoms with van der Waals surface area (Å²) in [6.45, 7) is 29.7. The molecule has 0 bridgehead atoms. The van der Waals surface area contributed by atoms with Crippen LogP contribution in [0.1, 0.15) is 134 Å². The van der Waals surface area contributed by atoms with Crippen molar-refractivity contribution in [2.75, 3.05) is 88.4 Å². The summed E-state index contributed by atoms with van der Waals surface area (Å²) in [5.41, 5.74) is 16.9. The van der Waals surface area contributed by atoms with Gasteiger partial charge in [0.05, 0.1) is 55.3 Å². The lowest BCUT2D eigenvalue weighted by Crippen LogP contribution is -2.70. The molecular formula is C89H115ClF4N28O13. The van der Waals surface area contributed by atoms with E-state index in [4.69, 9.17) is 42.0 Å². The van der Waals surface area contributed by atoms with Gasteiger partial charge in [0, 0.05) is 96.8 Å². The smallest absolute Gasteiger partial charge is 0.410 e. The standard InChI is InChI=1S/C23H26FN7O3.C22H28FN7O3.C22H28FN7O2.C11H7ClFN5O.C11H22N2O2.2H2O/c1-23(2,3)34-22(33)29-8-4-5-14(11-29)12-31-20-16(27-21(31)32)9-26-19(28-20)17-10-25-18-7-6-15(24)13-30(17)18;1-22(2,3)33-21(31)29-8-4-5-14(12-29)9-25-19-16(28-32)10-26-20(27-19)17-11-24-18-7-6-15(23)13-30(17)18;1-22(2,3)32-21(31)29-8-4-5-14(12-29)9-26-19-16(24)10-27-20(28-19)17-11-25-18-7-6-15(23)13-30(17)18;12-10-7(17-19)3-15-11(16-10)8-4-14-9-2-1-6(13)5-18(8)9;1-11(2,3)15-10(14)13-6-4-5-9(7-12)8-13;;/h6-7,9-10,13-14H,4-5,8,11-12H2,1-3H3,(H,27,32);6-7,10-11,13-14H,4-5,8-9,12,28H2,1-3H3,(H,25,26,27);6-7,10-11,13-14H,4-5,8-9,12,24H2,1-3H3,(H,26,27,28);1-5H,17H2;9H,4-8,12H2,1-3H3;2*1H2/t3*14-;;9-;;/m100.0../s1. The third-order valence-electron chi connectivity index (χ3n) is 21.5. The molecule has 4 aliphatic heterocycles. The Morgan fingerprint density at radius 3 is 1.16 bits per heavy atom. The molecule has 17 heterocycles. The van der Waals surface area contributed by atoms with Gasteiger partial charge < -0.3 is 98.0 Å². The molecule has 46 heteroatoms. The number of quaternary nitrogens is 2. The highest BCUT2D eigenvalue weighted by Crippen LogP contribution is 2.32. The predicted octanol–water partition coefficient (Wildman–Crippen LogP) is 10.7. The molecule has 0 saturated carbocycles. The van der Waals surface area contributed by atoms with Crippen molar-refractivity contribution in [1.29, 1.82) is 0 Å². The zero-order chi connectivity index (χ0) is 95.4. The fourth-order valence-electron chi connectivity index (χ4n) is 15.3. The number of aromatic amines is 1. The normalized spacial score (nSPS) is 16.4. The number of anilines is 3. The van der Waals surface area contributed by atoms with Gasteiger partial charge in [-0.2, -0.15) is 0 Å². The summed E-state index contributed by atoms with van der Waals surface area (Å²) in [5, 5.41) is 28.8. The molecule has 4 aliphatic rings.